The van der Waals surface area contributed by atoms with Crippen molar-refractivity contribution in [2.24, 2.45) is 10.2 Å². The van der Waals surface area contributed by atoms with E-state index in [9.17, 15) is 10.1 Å². The van der Waals surface area contributed by atoms with Gasteiger partial charge >= 0.3 is 0 Å². The highest BCUT2D eigenvalue weighted by Gasteiger charge is 2.18. The molecule has 9 heteroatoms. The maximum atomic E-state index is 10.8. The topological polar surface area (TPSA) is 98.0 Å². The quantitative estimate of drug-likeness (QED) is 0.183. The molecule has 150 valence electrons. The number of hydrogen-bond acceptors (Lipinski definition) is 7. The fourth-order valence-electron chi connectivity index (χ4n) is 3.10. The molecule has 31 heavy (non-hydrogen) atoms. The van der Waals surface area contributed by atoms with Crippen LogP contribution >= 0.6 is 11.3 Å². The average molecular weight is 426 g/mol. The van der Waals surface area contributed by atoms with Crippen LogP contribution in [0, 0.1) is 10.1 Å². The lowest BCUT2D eigenvalue weighted by Gasteiger charge is -2.00. The Morgan fingerprint density at radius 2 is 1.48 bits per heavy atom. The monoisotopic (exact) mass is 426 g/mol. The number of rotatable bonds is 5. The van der Waals surface area contributed by atoms with E-state index < -0.39 is 4.92 Å². The molecule has 0 aliphatic carbocycles. The van der Waals surface area contributed by atoms with E-state index in [2.05, 4.69) is 15.2 Å². The summed E-state index contributed by atoms with van der Waals surface area (Å²) >= 11 is 1.38. The molecule has 3 aromatic carbocycles. The van der Waals surface area contributed by atoms with Gasteiger partial charge in [0.25, 0.3) is 5.69 Å². The zero-order valence-corrected chi connectivity index (χ0v) is 16.8. The maximum Gasteiger partial charge on any atom is 0.269 e. The number of nitro benzene ring substituents is 1. The summed E-state index contributed by atoms with van der Waals surface area (Å²) in [6.45, 7) is 0. The number of non-ortho nitro benzene ring substituents is 1. The van der Waals surface area contributed by atoms with Gasteiger partial charge in [0.2, 0.25) is 4.96 Å². The van der Waals surface area contributed by atoms with E-state index in [0.29, 0.717) is 21.5 Å². The van der Waals surface area contributed by atoms with Gasteiger partial charge < -0.3 is 0 Å². The van der Waals surface area contributed by atoms with Gasteiger partial charge in [-0.25, -0.2) is 4.52 Å². The van der Waals surface area contributed by atoms with Gasteiger partial charge in [-0.15, -0.1) is 15.3 Å². The molecule has 0 spiro atoms. The first-order valence-corrected chi connectivity index (χ1v) is 10.2. The van der Waals surface area contributed by atoms with E-state index in [1.54, 1.807) is 16.6 Å². The van der Waals surface area contributed by atoms with E-state index in [-0.39, 0.29) is 5.69 Å². The van der Waals surface area contributed by atoms with Crippen LogP contribution in [-0.4, -0.2) is 19.5 Å². The molecule has 0 atom stereocenters. The predicted octanol–water partition coefficient (Wildman–Crippen LogP) is 6.45. The van der Waals surface area contributed by atoms with Gasteiger partial charge in [-0.2, -0.15) is 4.98 Å². The summed E-state index contributed by atoms with van der Waals surface area (Å²) in [6, 6.07) is 25.5. The summed E-state index contributed by atoms with van der Waals surface area (Å²) in [6.07, 6.45) is 0. The van der Waals surface area contributed by atoms with Gasteiger partial charge in [0, 0.05) is 23.3 Å². The minimum Gasteiger partial charge on any atom is -0.258 e. The Morgan fingerprint density at radius 3 is 2.13 bits per heavy atom. The molecule has 2 heterocycles. The van der Waals surface area contributed by atoms with Crippen molar-refractivity contribution in [3.63, 3.8) is 0 Å². The van der Waals surface area contributed by atoms with Crippen molar-refractivity contribution in [2.45, 2.75) is 0 Å². The van der Waals surface area contributed by atoms with Gasteiger partial charge in [-0.1, -0.05) is 72.0 Å². The fraction of sp³-hybridized carbons (Fsp3) is 0. The normalized spacial score (nSPS) is 11.4. The van der Waals surface area contributed by atoms with Crippen molar-refractivity contribution in [1.82, 2.24) is 14.6 Å². The van der Waals surface area contributed by atoms with E-state index in [0.717, 1.165) is 16.8 Å². The Bertz CT molecular complexity index is 1390. The van der Waals surface area contributed by atoms with Gasteiger partial charge in [-0.05, 0) is 12.1 Å². The Balaban J connectivity index is 1.59. The van der Waals surface area contributed by atoms with Crippen LogP contribution in [0.2, 0.25) is 0 Å². The number of hydrogen-bond donors (Lipinski definition) is 0. The molecule has 0 N–H and O–H groups in total. The third-order valence-corrected chi connectivity index (χ3v) is 5.49. The Hall–Kier alpha value is -4.24. The van der Waals surface area contributed by atoms with Crippen LogP contribution in [0.3, 0.4) is 0 Å². The third-order valence-electron chi connectivity index (χ3n) is 4.58. The third kappa shape index (κ3) is 3.69. The smallest absolute Gasteiger partial charge is 0.258 e. The summed E-state index contributed by atoms with van der Waals surface area (Å²) in [5.74, 6) is 0.642. The molecule has 0 unspecified atom stereocenters. The largest absolute Gasteiger partial charge is 0.269 e. The zero-order valence-electron chi connectivity index (χ0n) is 16.0. The van der Waals surface area contributed by atoms with Crippen molar-refractivity contribution >= 4 is 32.7 Å². The van der Waals surface area contributed by atoms with Crippen LogP contribution in [0.5, 0.6) is 0 Å². The van der Waals surface area contributed by atoms with Crippen LogP contribution in [0.4, 0.5) is 16.4 Å². The van der Waals surface area contributed by atoms with Crippen LogP contribution < -0.4 is 0 Å². The Labute approximate surface area is 180 Å². The van der Waals surface area contributed by atoms with Crippen LogP contribution in [0.1, 0.15) is 0 Å². The Morgan fingerprint density at radius 1 is 0.839 bits per heavy atom. The second-order valence-electron chi connectivity index (χ2n) is 6.59. The molecule has 0 amide bonds. The van der Waals surface area contributed by atoms with E-state index in [1.165, 1.54) is 23.5 Å². The highest BCUT2D eigenvalue weighted by atomic mass is 32.1. The van der Waals surface area contributed by atoms with Crippen LogP contribution in [0.25, 0.3) is 27.6 Å². The fourth-order valence-corrected chi connectivity index (χ4v) is 4.00. The number of fused-ring (bicyclic) bond motifs is 1. The molecule has 0 saturated carbocycles. The van der Waals surface area contributed by atoms with Crippen LogP contribution in [0.15, 0.2) is 95.2 Å². The number of aromatic nitrogens is 3. The number of benzene rings is 3. The number of nitro groups is 1. The second kappa shape index (κ2) is 7.88. The molecule has 5 aromatic rings. The predicted molar refractivity (Wildman–Crippen MR) is 119 cm³/mol. The molecule has 2 aromatic heterocycles. The summed E-state index contributed by atoms with van der Waals surface area (Å²) in [5, 5.41) is 24.9. The first-order chi connectivity index (χ1) is 15.2. The van der Waals surface area contributed by atoms with E-state index in [4.69, 9.17) is 5.10 Å². The van der Waals surface area contributed by atoms with Crippen molar-refractivity contribution in [1.29, 1.82) is 0 Å². The highest BCUT2D eigenvalue weighted by Crippen LogP contribution is 2.39. The molecule has 0 bridgehead atoms. The van der Waals surface area contributed by atoms with Crippen LogP contribution in [-0.2, 0) is 0 Å². The van der Waals surface area contributed by atoms with Gasteiger partial charge in [0.05, 0.1) is 10.6 Å². The SMILES string of the molecule is O=[N+]([O-])c1ccc(N=Nc2sc3nc(-c4ccccc4)nn3c2-c2ccccc2)cc1. The van der Waals surface area contributed by atoms with Gasteiger partial charge in [0.15, 0.2) is 10.8 Å². The molecule has 0 saturated heterocycles. The van der Waals surface area contributed by atoms with Crippen molar-refractivity contribution in [2.75, 3.05) is 0 Å². The zero-order chi connectivity index (χ0) is 21.2. The Kier molecular flexibility index (Phi) is 4.77. The molecule has 0 aliphatic heterocycles. The standard InChI is InChI=1S/C22H14N6O2S/c29-28(30)18-13-11-17(12-14-18)24-25-21-19(15-7-3-1-4-8-15)27-22(31-21)23-20(26-27)16-9-5-2-6-10-16/h1-14H. The first kappa shape index (κ1) is 18.8. The minimum atomic E-state index is -0.446. The van der Waals surface area contributed by atoms with Crippen molar-refractivity contribution < 1.29 is 4.92 Å². The summed E-state index contributed by atoms with van der Waals surface area (Å²) in [5.41, 5.74) is 3.20. The second-order valence-corrected chi connectivity index (χ2v) is 7.55. The molecule has 0 fully saturated rings. The number of azo groups is 1. The molecule has 0 radical (unpaired) electrons. The molecule has 0 aliphatic rings. The molecular weight excluding hydrogens is 412 g/mol. The highest BCUT2D eigenvalue weighted by molar-refractivity contribution is 7.21. The number of nitrogens with zero attached hydrogens (tertiary/aromatic N) is 6. The van der Waals surface area contributed by atoms with Crippen molar-refractivity contribution in [3.05, 3.63) is 95.0 Å². The number of thiazole rings is 1. The van der Waals surface area contributed by atoms with Gasteiger partial charge in [-0.3, -0.25) is 10.1 Å². The summed E-state index contributed by atoms with van der Waals surface area (Å²) in [4.78, 5) is 15.8. The molecule has 5 rings (SSSR count). The lowest BCUT2D eigenvalue weighted by atomic mass is 10.2. The lowest BCUT2D eigenvalue weighted by Crippen LogP contribution is -1.89. The molecule has 8 nitrogen and oxygen atoms in total. The summed E-state index contributed by atoms with van der Waals surface area (Å²) < 4.78 is 1.78. The average Bonchev–Trinajstić information content (AvgIpc) is 3.37. The van der Waals surface area contributed by atoms with E-state index >= 15 is 0 Å². The van der Waals surface area contributed by atoms with Crippen molar-refractivity contribution in [3.8, 4) is 22.6 Å². The van der Waals surface area contributed by atoms with Gasteiger partial charge in [0.1, 0.15) is 5.69 Å². The molecular formula is C22H14N6O2S. The first-order valence-electron chi connectivity index (χ1n) is 9.35. The van der Waals surface area contributed by atoms with E-state index in [1.807, 2.05) is 60.7 Å². The summed E-state index contributed by atoms with van der Waals surface area (Å²) in [7, 11) is 0. The maximum absolute atomic E-state index is 10.8. The lowest BCUT2D eigenvalue weighted by molar-refractivity contribution is -0.384. The minimum absolute atomic E-state index is 0.0103.